The summed E-state index contributed by atoms with van der Waals surface area (Å²) < 4.78 is 8.83. The second kappa shape index (κ2) is 7.63. The van der Waals surface area contributed by atoms with Crippen LogP contribution < -0.4 is 16.4 Å². The summed E-state index contributed by atoms with van der Waals surface area (Å²) in [5.41, 5.74) is 1.68. The van der Waals surface area contributed by atoms with Crippen molar-refractivity contribution in [3.63, 3.8) is 0 Å². The molecule has 8 nitrogen and oxygen atoms in total. The number of nitrogens with zero attached hydrogens (tertiary/aromatic N) is 3. The van der Waals surface area contributed by atoms with E-state index in [0.29, 0.717) is 29.8 Å². The molecular formula is C21H23N5O3. The zero-order chi connectivity index (χ0) is 20.5. The van der Waals surface area contributed by atoms with Crippen LogP contribution in [-0.2, 0) is 11.3 Å². The van der Waals surface area contributed by atoms with Crippen LogP contribution in [0.25, 0.3) is 16.7 Å². The second-order valence-corrected chi connectivity index (χ2v) is 7.24. The molecule has 0 aromatic carbocycles. The third-order valence-electron chi connectivity index (χ3n) is 5.12. The van der Waals surface area contributed by atoms with Crippen LogP contribution in [0.2, 0.25) is 0 Å². The van der Waals surface area contributed by atoms with Crippen LogP contribution in [0.5, 0.6) is 0 Å². The summed E-state index contributed by atoms with van der Waals surface area (Å²) in [7, 11) is 0. The van der Waals surface area contributed by atoms with Crippen molar-refractivity contribution in [3.05, 3.63) is 64.0 Å². The number of carbonyl (C=O) groups excluding carboxylic acids is 1. The Hall–Kier alpha value is -3.26. The number of fused-ring (bicyclic) bond motifs is 2. The molecule has 1 amide bonds. The molecule has 29 heavy (non-hydrogen) atoms. The van der Waals surface area contributed by atoms with E-state index in [9.17, 15) is 9.59 Å². The van der Waals surface area contributed by atoms with Crippen molar-refractivity contribution in [1.29, 1.82) is 5.41 Å². The fourth-order valence-corrected chi connectivity index (χ4v) is 3.65. The summed E-state index contributed by atoms with van der Waals surface area (Å²) in [6.07, 6.45) is 5.04. The van der Waals surface area contributed by atoms with Gasteiger partial charge in [-0.1, -0.05) is 12.1 Å². The van der Waals surface area contributed by atoms with E-state index < -0.39 is 5.91 Å². The highest BCUT2D eigenvalue weighted by molar-refractivity contribution is 5.96. The Labute approximate surface area is 167 Å². The van der Waals surface area contributed by atoms with Crippen LogP contribution in [-0.4, -0.2) is 39.1 Å². The van der Waals surface area contributed by atoms with E-state index in [0.717, 1.165) is 18.4 Å². The summed E-state index contributed by atoms with van der Waals surface area (Å²) in [5.74, 6) is -0.424. The molecule has 1 aliphatic rings. The van der Waals surface area contributed by atoms with Gasteiger partial charge in [-0.2, -0.15) is 0 Å². The van der Waals surface area contributed by atoms with Crippen LogP contribution in [0.4, 0.5) is 0 Å². The van der Waals surface area contributed by atoms with Crippen LogP contribution in [0.1, 0.15) is 28.8 Å². The Kier molecular flexibility index (Phi) is 5.02. The average molecular weight is 393 g/mol. The highest BCUT2D eigenvalue weighted by Gasteiger charge is 2.22. The van der Waals surface area contributed by atoms with Gasteiger partial charge in [0.25, 0.3) is 11.5 Å². The van der Waals surface area contributed by atoms with Gasteiger partial charge in [-0.25, -0.2) is 4.98 Å². The van der Waals surface area contributed by atoms with E-state index in [2.05, 4.69) is 16.9 Å². The van der Waals surface area contributed by atoms with Crippen molar-refractivity contribution in [2.75, 3.05) is 13.2 Å². The lowest BCUT2D eigenvalue weighted by atomic mass is 10.1. The summed E-state index contributed by atoms with van der Waals surface area (Å²) in [4.78, 5) is 30.5. The molecule has 0 bridgehead atoms. The highest BCUT2D eigenvalue weighted by atomic mass is 16.5. The zero-order valence-corrected chi connectivity index (χ0v) is 16.3. The molecule has 3 aromatic heterocycles. The maximum Gasteiger partial charge on any atom is 0.267 e. The van der Waals surface area contributed by atoms with E-state index >= 15 is 0 Å². The molecule has 150 valence electrons. The monoisotopic (exact) mass is 393 g/mol. The first-order valence-electron chi connectivity index (χ1n) is 9.61. The van der Waals surface area contributed by atoms with Gasteiger partial charge in [-0.15, -0.1) is 6.58 Å². The lowest BCUT2D eigenvalue weighted by Gasteiger charge is -2.17. The zero-order valence-electron chi connectivity index (χ0n) is 16.3. The maximum absolute atomic E-state index is 13.2. The highest BCUT2D eigenvalue weighted by Crippen LogP contribution is 2.17. The SMILES string of the molecule is C=CCNC(=O)c1cc2c(=O)n3cc(C)ccc3nc2n(C[C@@H]2CCCO2)c1=N. The number of hydrogen-bond acceptors (Lipinski definition) is 5. The second-order valence-electron chi connectivity index (χ2n) is 7.24. The smallest absolute Gasteiger partial charge is 0.267 e. The molecule has 1 fully saturated rings. The van der Waals surface area contributed by atoms with E-state index in [1.807, 2.05) is 13.0 Å². The van der Waals surface area contributed by atoms with Crippen molar-refractivity contribution in [2.24, 2.45) is 0 Å². The van der Waals surface area contributed by atoms with Gasteiger partial charge in [0, 0.05) is 19.3 Å². The summed E-state index contributed by atoms with van der Waals surface area (Å²) in [6, 6.07) is 5.13. The minimum absolute atomic E-state index is 0.0120. The molecule has 2 N–H and O–H groups in total. The molecule has 1 atom stereocenters. The lowest BCUT2D eigenvalue weighted by Crippen LogP contribution is -2.36. The molecule has 0 saturated carbocycles. The first-order chi connectivity index (χ1) is 14.0. The Morgan fingerprint density at radius 1 is 1.48 bits per heavy atom. The summed E-state index contributed by atoms with van der Waals surface area (Å²) in [6.45, 7) is 6.81. The predicted molar refractivity (Wildman–Crippen MR) is 109 cm³/mol. The Morgan fingerprint density at radius 2 is 2.31 bits per heavy atom. The maximum atomic E-state index is 13.2. The van der Waals surface area contributed by atoms with E-state index in [1.54, 1.807) is 22.9 Å². The standard InChI is InChI=1S/C21H23N5O3/c1-3-8-23-20(27)15-10-16-19(26(18(15)22)12-14-5-4-9-29-14)24-17-7-6-13(2)11-25(17)21(16)28/h3,6-7,10-11,14,22H,1,4-5,8-9,12H2,2H3,(H,23,27)/t14-/m0/s1. The number of rotatable bonds is 5. The number of amides is 1. The molecule has 0 aliphatic carbocycles. The van der Waals surface area contributed by atoms with Gasteiger partial charge in [0.2, 0.25) is 0 Å². The predicted octanol–water partition coefficient (Wildman–Crippen LogP) is 1.53. The van der Waals surface area contributed by atoms with Gasteiger partial charge in [0.15, 0.2) is 0 Å². The largest absolute Gasteiger partial charge is 0.376 e. The quantitative estimate of drug-likeness (QED) is 0.507. The number of carbonyl (C=O) groups is 1. The van der Waals surface area contributed by atoms with Gasteiger partial charge in [-0.3, -0.25) is 19.4 Å². The number of aromatic nitrogens is 3. The van der Waals surface area contributed by atoms with Crippen molar-refractivity contribution < 1.29 is 9.53 Å². The molecule has 3 aromatic rings. The molecule has 4 rings (SSSR count). The van der Waals surface area contributed by atoms with E-state index in [1.165, 1.54) is 10.5 Å². The molecule has 1 saturated heterocycles. The molecule has 4 heterocycles. The van der Waals surface area contributed by atoms with Crippen molar-refractivity contribution >= 4 is 22.6 Å². The van der Waals surface area contributed by atoms with Crippen molar-refractivity contribution in [2.45, 2.75) is 32.4 Å². The molecule has 0 radical (unpaired) electrons. The molecular weight excluding hydrogens is 370 g/mol. The van der Waals surface area contributed by atoms with Gasteiger partial charge < -0.3 is 14.6 Å². The van der Waals surface area contributed by atoms with Gasteiger partial charge in [0.05, 0.1) is 23.6 Å². The third-order valence-corrected chi connectivity index (χ3v) is 5.12. The van der Waals surface area contributed by atoms with Crippen LogP contribution in [0, 0.1) is 12.3 Å². The van der Waals surface area contributed by atoms with E-state index in [-0.39, 0.29) is 29.3 Å². The summed E-state index contributed by atoms with van der Waals surface area (Å²) in [5, 5.41) is 11.6. The summed E-state index contributed by atoms with van der Waals surface area (Å²) >= 11 is 0. The van der Waals surface area contributed by atoms with Crippen LogP contribution >= 0.6 is 0 Å². The third kappa shape index (κ3) is 3.47. The first kappa shape index (κ1) is 19.1. The van der Waals surface area contributed by atoms with E-state index in [4.69, 9.17) is 10.1 Å². The molecule has 0 spiro atoms. The van der Waals surface area contributed by atoms with Crippen molar-refractivity contribution in [3.8, 4) is 0 Å². The van der Waals surface area contributed by atoms with Gasteiger partial charge >= 0.3 is 0 Å². The fraction of sp³-hybridized carbons (Fsp3) is 0.333. The number of hydrogen-bond donors (Lipinski definition) is 2. The first-order valence-corrected chi connectivity index (χ1v) is 9.61. The Morgan fingerprint density at radius 3 is 3.03 bits per heavy atom. The van der Waals surface area contributed by atoms with Gasteiger partial charge in [-0.05, 0) is 37.5 Å². The number of nitrogens with one attached hydrogen (secondary N) is 2. The van der Waals surface area contributed by atoms with Gasteiger partial charge in [0.1, 0.15) is 16.8 Å². The average Bonchev–Trinajstić information content (AvgIpc) is 3.22. The number of ether oxygens (including phenoxy) is 1. The Bertz CT molecular complexity index is 1240. The number of aryl methyl sites for hydroxylation is 1. The molecule has 0 unspecified atom stereocenters. The molecule has 8 heteroatoms. The minimum atomic E-state index is -0.424. The normalized spacial score (nSPS) is 16.4. The van der Waals surface area contributed by atoms with Crippen molar-refractivity contribution in [1.82, 2.24) is 19.3 Å². The topological polar surface area (TPSA) is 101 Å². The minimum Gasteiger partial charge on any atom is -0.376 e. The fourth-order valence-electron chi connectivity index (χ4n) is 3.65. The lowest BCUT2D eigenvalue weighted by molar-refractivity contribution is 0.0935. The molecule has 1 aliphatic heterocycles. The number of pyridine rings is 2. The van der Waals surface area contributed by atoms with Crippen LogP contribution in [0.15, 0.2) is 41.8 Å². The Balaban J connectivity index is 2.00. The van der Waals surface area contributed by atoms with Crippen LogP contribution in [0.3, 0.4) is 0 Å².